The molecule has 0 radical (unpaired) electrons. The molecule has 0 bridgehead atoms. The number of carbonyl (C=O) groups is 1. The molecule has 1 saturated carbocycles. The summed E-state index contributed by atoms with van der Waals surface area (Å²) in [6.07, 6.45) is 6.59. The highest BCUT2D eigenvalue weighted by molar-refractivity contribution is 6.17. The van der Waals surface area contributed by atoms with Crippen molar-refractivity contribution < 1.29 is 4.79 Å². The maximum Gasteiger partial charge on any atom is 0.222 e. The highest BCUT2D eigenvalue weighted by atomic mass is 35.5. The summed E-state index contributed by atoms with van der Waals surface area (Å²) in [6.45, 7) is 0.996. The number of hydrogen-bond acceptors (Lipinski definition) is 1. The fourth-order valence-corrected chi connectivity index (χ4v) is 3.04. The lowest BCUT2D eigenvalue weighted by atomic mass is 10.0. The molecule has 2 atom stereocenters. The van der Waals surface area contributed by atoms with Crippen LogP contribution in [0.1, 0.15) is 38.5 Å². The number of nitrogens with zero attached hydrogens (tertiary/aromatic N) is 1. The second-order valence-electron chi connectivity index (χ2n) is 4.43. The maximum absolute atomic E-state index is 11.8. The molecular formula is C11H18ClNO. The fraction of sp³-hybridized carbons (Fsp3) is 0.909. The third-order valence-corrected chi connectivity index (χ3v) is 3.87. The molecule has 80 valence electrons. The Bertz CT molecular complexity index is 219. The molecule has 0 aromatic carbocycles. The van der Waals surface area contributed by atoms with Gasteiger partial charge in [0.15, 0.2) is 0 Å². The van der Waals surface area contributed by atoms with Gasteiger partial charge in [0.1, 0.15) is 0 Å². The van der Waals surface area contributed by atoms with Crippen LogP contribution in [0.3, 0.4) is 0 Å². The largest absolute Gasteiger partial charge is 0.339 e. The van der Waals surface area contributed by atoms with Crippen LogP contribution in [-0.4, -0.2) is 29.3 Å². The van der Waals surface area contributed by atoms with Crippen molar-refractivity contribution in [2.45, 2.75) is 44.6 Å². The number of likely N-dealkylation sites (tertiary alicyclic amines) is 1. The van der Waals surface area contributed by atoms with E-state index in [1.54, 1.807) is 0 Å². The van der Waals surface area contributed by atoms with Gasteiger partial charge in [-0.3, -0.25) is 4.79 Å². The van der Waals surface area contributed by atoms with Gasteiger partial charge < -0.3 is 4.90 Å². The third-order valence-electron chi connectivity index (χ3n) is 3.60. The Morgan fingerprint density at radius 3 is 3.00 bits per heavy atom. The lowest BCUT2D eigenvalue weighted by Gasteiger charge is -2.23. The van der Waals surface area contributed by atoms with Gasteiger partial charge >= 0.3 is 0 Å². The summed E-state index contributed by atoms with van der Waals surface area (Å²) in [4.78, 5) is 13.9. The first-order chi connectivity index (χ1) is 6.83. The summed E-state index contributed by atoms with van der Waals surface area (Å²) < 4.78 is 0. The number of rotatable bonds is 3. The van der Waals surface area contributed by atoms with E-state index in [1.807, 2.05) is 0 Å². The van der Waals surface area contributed by atoms with Gasteiger partial charge in [-0.2, -0.15) is 0 Å². The number of fused-ring (bicyclic) bond motifs is 1. The molecule has 14 heavy (non-hydrogen) atoms. The normalized spacial score (nSPS) is 30.8. The number of halogens is 1. The second-order valence-corrected chi connectivity index (χ2v) is 4.80. The average Bonchev–Trinajstić information content (AvgIpc) is 2.74. The average molecular weight is 216 g/mol. The van der Waals surface area contributed by atoms with E-state index >= 15 is 0 Å². The monoisotopic (exact) mass is 215 g/mol. The predicted octanol–water partition coefficient (Wildman–Crippen LogP) is 2.41. The first-order valence-electron chi connectivity index (χ1n) is 5.68. The van der Waals surface area contributed by atoms with Gasteiger partial charge in [0.05, 0.1) is 0 Å². The third kappa shape index (κ3) is 1.90. The van der Waals surface area contributed by atoms with Crippen LogP contribution >= 0.6 is 11.6 Å². The second kappa shape index (κ2) is 4.52. The molecule has 2 aliphatic rings. The first-order valence-corrected chi connectivity index (χ1v) is 6.22. The summed E-state index contributed by atoms with van der Waals surface area (Å²) in [6, 6.07) is 0.581. The van der Waals surface area contributed by atoms with Gasteiger partial charge in [0.25, 0.3) is 0 Å². The molecule has 0 spiro atoms. The fourth-order valence-electron chi connectivity index (χ4n) is 2.91. The van der Waals surface area contributed by atoms with E-state index in [9.17, 15) is 4.79 Å². The highest BCUT2D eigenvalue weighted by Gasteiger charge is 2.39. The highest BCUT2D eigenvalue weighted by Crippen LogP contribution is 2.37. The maximum atomic E-state index is 11.8. The van der Waals surface area contributed by atoms with Gasteiger partial charge in [-0.05, 0) is 31.6 Å². The molecule has 2 rings (SSSR count). The number of hydrogen-bond donors (Lipinski definition) is 0. The smallest absolute Gasteiger partial charge is 0.222 e. The van der Waals surface area contributed by atoms with E-state index in [2.05, 4.69) is 4.90 Å². The Kier molecular flexibility index (Phi) is 3.32. The SMILES string of the molecule is O=C(CCCCl)N1CCC2CCCC21. The summed E-state index contributed by atoms with van der Waals surface area (Å²) in [7, 11) is 0. The van der Waals surface area contributed by atoms with Crippen LogP contribution in [0.5, 0.6) is 0 Å². The van der Waals surface area contributed by atoms with Crippen molar-refractivity contribution >= 4 is 17.5 Å². The van der Waals surface area contributed by atoms with Crippen LogP contribution in [0.25, 0.3) is 0 Å². The molecule has 2 unspecified atom stereocenters. The molecular weight excluding hydrogens is 198 g/mol. The quantitative estimate of drug-likeness (QED) is 0.663. The zero-order chi connectivity index (χ0) is 9.97. The van der Waals surface area contributed by atoms with Crippen molar-refractivity contribution in [3.63, 3.8) is 0 Å². The number of alkyl halides is 1. The van der Waals surface area contributed by atoms with Crippen molar-refractivity contribution in [2.75, 3.05) is 12.4 Å². The topological polar surface area (TPSA) is 20.3 Å². The van der Waals surface area contributed by atoms with Crippen molar-refractivity contribution in [1.82, 2.24) is 4.90 Å². The molecule has 3 heteroatoms. The van der Waals surface area contributed by atoms with Crippen LogP contribution in [0, 0.1) is 5.92 Å². The molecule has 1 amide bonds. The van der Waals surface area contributed by atoms with Gasteiger partial charge in [-0.25, -0.2) is 0 Å². The molecule has 2 fully saturated rings. The molecule has 1 aliphatic heterocycles. The summed E-state index contributed by atoms with van der Waals surface area (Å²) >= 11 is 5.59. The standard InChI is InChI=1S/C11H18ClNO/c12-7-2-5-11(14)13-8-6-9-3-1-4-10(9)13/h9-10H,1-8H2. The van der Waals surface area contributed by atoms with Crippen LogP contribution in [0.2, 0.25) is 0 Å². The van der Waals surface area contributed by atoms with E-state index in [1.165, 1.54) is 25.7 Å². The lowest BCUT2D eigenvalue weighted by Crippen LogP contribution is -2.35. The minimum atomic E-state index is 0.333. The van der Waals surface area contributed by atoms with E-state index < -0.39 is 0 Å². The van der Waals surface area contributed by atoms with Gasteiger partial charge in [0.2, 0.25) is 5.91 Å². The molecule has 0 N–H and O–H groups in total. The van der Waals surface area contributed by atoms with Crippen LogP contribution in [0.15, 0.2) is 0 Å². The van der Waals surface area contributed by atoms with Crippen molar-refractivity contribution in [1.29, 1.82) is 0 Å². The van der Waals surface area contributed by atoms with E-state index in [4.69, 9.17) is 11.6 Å². The van der Waals surface area contributed by atoms with E-state index in [0.717, 1.165) is 18.9 Å². The van der Waals surface area contributed by atoms with Crippen molar-refractivity contribution in [3.8, 4) is 0 Å². The molecule has 2 nitrogen and oxygen atoms in total. The van der Waals surface area contributed by atoms with Crippen molar-refractivity contribution in [2.24, 2.45) is 5.92 Å². The van der Waals surface area contributed by atoms with Crippen LogP contribution in [-0.2, 0) is 4.79 Å². The van der Waals surface area contributed by atoms with Gasteiger partial charge in [-0.1, -0.05) is 6.42 Å². The molecule has 0 aromatic rings. The van der Waals surface area contributed by atoms with Crippen LogP contribution < -0.4 is 0 Å². The Morgan fingerprint density at radius 1 is 1.36 bits per heavy atom. The first kappa shape index (κ1) is 10.3. The van der Waals surface area contributed by atoms with Gasteiger partial charge in [-0.15, -0.1) is 11.6 Å². The molecule has 1 saturated heterocycles. The zero-order valence-corrected chi connectivity index (χ0v) is 9.30. The summed E-state index contributed by atoms with van der Waals surface area (Å²) in [5.41, 5.74) is 0. The Morgan fingerprint density at radius 2 is 2.21 bits per heavy atom. The molecule has 1 aliphatic carbocycles. The molecule has 1 heterocycles. The van der Waals surface area contributed by atoms with Crippen molar-refractivity contribution in [3.05, 3.63) is 0 Å². The summed E-state index contributed by atoms with van der Waals surface area (Å²) in [5, 5.41) is 0. The predicted molar refractivity (Wildman–Crippen MR) is 57.4 cm³/mol. The zero-order valence-electron chi connectivity index (χ0n) is 8.54. The van der Waals surface area contributed by atoms with Gasteiger partial charge in [0, 0.05) is 24.9 Å². The van der Waals surface area contributed by atoms with E-state index in [-0.39, 0.29) is 0 Å². The minimum Gasteiger partial charge on any atom is -0.339 e. The summed E-state index contributed by atoms with van der Waals surface area (Å²) in [5.74, 6) is 1.75. The molecule has 0 aromatic heterocycles. The van der Waals surface area contributed by atoms with Crippen LogP contribution in [0.4, 0.5) is 0 Å². The minimum absolute atomic E-state index is 0.333. The lowest BCUT2D eigenvalue weighted by molar-refractivity contribution is -0.132. The Balaban J connectivity index is 1.88. The number of amides is 1. The number of carbonyl (C=O) groups excluding carboxylic acids is 1. The Hall–Kier alpha value is -0.240. The van der Waals surface area contributed by atoms with E-state index in [0.29, 0.717) is 24.2 Å². The Labute approximate surface area is 90.6 Å².